The Balaban J connectivity index is 1.90. The lowest BCUT2D eigenvalue weighted by atomic mass is 9.93. The minimum absolute atomic E-state index is 0.00302. The van der Waals surface area contributed by atoms with Crippen molar-refractivity contribution in [1.82, 2.24) is 14.6 Å². The van der Waals surface area contributed by atoms with Gasteiger partial charge in [-0.1, -0.05) is 6.07 Å². The third-order valence-electron chi connectivity index (χ3n) is 9.32. The normalized spacial score (nSPS) is 12.5. The summed E-state index contributed by atoms with van der Waals surface area (Å²) in [6, 6.07) is 13.1. The number of amides is 1. The minimum Gasteiger partial charge on any atom is -0.481 e. The molecule has 2 aliphatic rings. The predicted molar refractivity (Wildman–Crippen MR) is 207 cm³/mol. The van der Waals surface area contributed by atoms with Crippen molar-refractivity contribution in [2.75, 3.05) is 37.6 Å². The number of hydrogen-bond donors (Lipinski definition) is 4. The minimum atomic E-state index is -5.06. The molecule has 292 valence electrons. The fraction of sp³-hybridized carbons (Fsp3) is 0.421. The maximum absolute atomic E-state index is 13.8. The van der Waals surface area contributed by atoms with Gasteiger partial charge in [0.1, 0.15) is 29.3 Å². The number of hydrogen-bond acceptors (Lipinski definition) is 9. The molecule has 1 atom stereocenters. The highest BCUT2D eigenvalue weighted by Gasteiger charge is 2.30. The molecule has 2 aromatic rings. The predicted octanol–water partition coefficient (Wildman–Crippen LogP) is 4.50. The molecule has 14 nitrogen and oxygen atoms in total. The van der Waals surface area contributed by atoms with Gasteiger partial charge in [-0.3, -0.25) is 18.9 Å². The lowest BCUT2D eigenvalue weighted by molar-refractivity contribution is -0.138. The van der Waals surface area contributed by atoms with Gasteiger partial charge >= 0.3 is 5.97 Å². The first-order chi connectivity index (χ1) is 25.5. The second-order valence-corrected chi connectivity index (χ2v) is 15.9. The number of unbranched alkanes of at least 4 members (excludes halogenated alkanes) is 1. The van der Waals surface area contributed by atoms with Crippen molar-refractivity contribution in [1.29, 1.82) is 0 Å². The second-order valence-electron chi connectivity index (χ2n) is 12.8. The van der Waals surface area contributed by atoms with Crippen LogP contribution in [0, 0.1) is 0 Å². The number of carboxylic acid groups (broad SMARTS) is 1. The molecule has 0 saturated carbocycles. The molecule has 54 heavy (non-hydrogen) atoms. The van der Waals surface area contributed by atoms with E-state index in [0.29, 0.717) is 47.2 Å². The molecule has 0 unspecified atom stereocenters. The molecule has 0 spiro atoms. The number of rotatable bonds is 19. The number of sulfonamides is 1. The number of carboxylic acids is 1. The molecule has 16 heteroatoms. The molecule has 0 fully saturated rings. The summed E-state index contributed by atoms with van der Waals surface area (Å²) in [6.07, 6.45) is -0.218. The topological polar surface area (TPSA) is 203 Å². The molecule has 1 heterocycles. The summed E-state index contributed by atoms with van der Waals surface area (Å²) in [5.41, 5.74) is 2.27. The Morgan fingerprint density at radius 2 is 1.56 bits per heavy atom. The molecule has 0 saturated heterocycles. The highest BCUT2D eigenvalue weighted by molar-refractivity contribution is 7.89. The van der Waals surface area contributed by atoms with Crippen LogP contribution in [0.3, 0.4) is 0 Å². The van der Waals surface area contributed by atoms with Gasteiger partial charge in [-0.15, -0.1) is 0 Å². The Bertz CT molecular complexity index is 2270. The first-order valence-corrected chi connectivity index (χ1v) is 20.9. The van der Waals surface area contributed by atoms with E-state index in [4.69, 9.17) is 9.52 Å². The monoisotopic (exact) mass is 785 g/mol. The number of ketones is 1. The van der Waals surface area contributed by atoms with Crippen LogP contribution in [0.15, 0.2) is 68.8 Å². The van der Waals surface area contributed by atoms with E-state index in [1.165, 1.54) is 19.1 Å². The van der Waals surface area contributed by atoms with E-state index in [0.717, 1.165) is 43.3 Å². The Labute approximate surface area is 316 Å². The van der Waals surface area contributed by atoms with Crippen molar-refractivity contribution >= 4 is 54.5 Å². The van der Waals surface area contributed by atoms with E-state index in [1.807, 2.05) is 52.0 Å². The summed E-state index contributed by atoms with van der Waals surface area (Å²) in [4.78, 5) is 36.4. The van der Waals surface area contributed by atoms with Crippen LogP contribution in [0.2, 0.25) is 0 Å². The average molecular weight is 786 g/mol. The molecule has 1 aliphatic carbocycles. The van der Waals surface area contributed by atoms with Crippen LogP contribution in [0.25, 0.3) is 33.4 Å². The lowest BCUT2D eigenvalue weighted by Crippen LogP contribution is -2.41. The molecule has 4 N–H and O–H groups in total. The third-order valence-corrected chi connectivity index (χ3v) is 11.7. The maximum Gasteiger partial charge on any atom is 0.303 e. The Hall–Kier alpha value is -4.64. The van der Waals surface area contributed by atoms with Crippen molar-refractivity contribution in [3.8, 4) is 22.5 Å². The fourth-order valence-corrected chi connectivity index (χ4v) is 8.58. The molecule has 0 radical (unpaired) electrons. The van der Waals surface area contributed by atoms with Gasteiger partial charge in [0.15, 0.2) is 5.78 Å². The number of Topliss-reactive ketones (excluding diaryl/α,β-unsaturated/α-hetero) is 1. The summed E-state index contributed by atoms with van der Waals surface area (Å²) in [7, 11) is -9.66. The van der Waals surface area contributed by atoms with Gasteiger partial charge in [0.05, 0.1) is 23.4 Å². The third kappa shape index (κ3) is 10.1. The van der Waals surface area contributed by atoms with Gasteiger partial charge in [0.25, 0.3) is 10.1 Å². The van der Waals surface area contributed by atoms with Gasteiger partial charge < -0.3 is 19.7 Å². The maximum atomic E-state index is 13.8. The SMILES string of the molecule is CCN(CC)c1ccc2c(-c3ccc(S(=O)(=O)N[C@@H](CCCCNC(C)=O)C(=O)CCC(=O)O)cc3S(=O)(=O)O)c3ccc(=[N+](CC)CC)cc-3oc2c1. The van der Waals surface area contributed by atoms with Crippen molar-refractivity contribution in [2.45, 2.75) is 82.6 Å². The van der Waals surface area contributed by atoms with Gasteiger partial charge in [-0.2, -0.15) is 8.42 Å². The molecule has 1 aliphatic heterocycles. The van der Waals surface area contributed by atoms with E-state index in [1.54, 1.807) is 12.1 Å². The average Bonchev–Trinajstić information content (AvgIpc) is 3.12. The van der Waals surface area contributed by atoms with Crippen LogP contribution >= 0.6 is 0 Å². The molecular weight excluding hydrogens is 737 g/mol. The number of benzene rings is 3. The smallest absolute Gasteiger partial charge is 0.303 e. The van der Waals surface area contributed by atoms with E-state index in [2.05, 4.69) is 19.5 Å². The number of nitrogens with zero attached hydrogens (tertiary/aromatic N) is 2. The van der Waals surface area contributed by atoms with Crippen LogP contribution in [0.4, 0.5) is 5.69 Å². The highest BCUT2D eigenvalue weighted by atomic mass is 32.2. The van der Waals surface area contributed by atoms with Crippen LogP contribution in [0.5, 0.6) is 0 Å². The second kappa shape index (κ2) is 18.1. The lowest BCUT2D eigenvalue weighted by Gasteiger charge is -2.23. The van der Waals surface area contributed by atoms with Crippen LogP contribution in [-0.2, 0) is 34.5 Å². The van der Waals surface area contributed by atoms with E-state index in [-0.39, 0.29) is 17.9 Å². The number of carbonyl (C=O) groups is 3. The molecule has 2 aromatic carbocycles. The summed E-state index contributed by atoms with van der Waals surface area (Å²) >= 11 is 0. The number of fused-ring (bicyclic) bond motifs is 2. The summed E-state index contributed by atoms with van der Waals surface area (Å²) in [5, 5.41) is 13.1. The molecule has 1 amide bonds. The standard InChI is InChI=1S/C38H48N4O10S2/c1-6-41(7-2)26-13-16-29-34(22-26)52-35-23-27(42(8-3)9-4)14-17-30(35)38(29)31-18-15-28(24-36(31)54(49,50)51)53(47,48)40-32(33(44)19-20-37(45)46)12-10-11-21-39-25(5)43/h13-18,22-24,32,40H,6-12,19-21H2,1-5H3,(H2-,39,43,45,46,49,50,51)/p+1/t32-/m0/s1. The van der Waals surface area contributed by atoms with Crippen molar-refractivity contribution in [3.63, 3.8) is 0 Å². The zero-order valence-electron chi connectivity index (χ0n) is 31.2. The van der Waals surface area contributed by atoms with Crippen molar-refractivity contribution < 1.29 is 45.3 Å². The van der Waals surface area contributed by atoms with Crippen LogP contribution < -0.4 is 24.9 Å². The Morgan fingerprint density at radius 3 is 2.17 bits per heavy atom. The summed E-state index contributed by atoms with van der Waals surface area (Å²) in [6.45, 7) is 12.7. The number of carbonyl (C=O) groups excluding carboxylic acids is 2. The first-order valence-electron chi connectivity index (χ1n) is 18.0. The zero-order valence-corrected chi connectivity index (χ0v) is 32.8. The summed E-state index contributed by atoms with van der Waals surface area (Å²) < 4.78 is 75.4. The quantitative estimate of drug-likeness (QED) is 0.0451. The molecule has 0 aromatic heterocycles. The van der Waals surface area contributed by atoms with Crippen molar-refractivity contribution in [3.05, 3.63) is 60.0 Å². The van der Waals surface area contributed by atoms with Crippen LogP contribution in [0.1, 0.15) is 66.7 Å². The van der Waals surface area contributed by atoms with Gasteiger partial charge in [-0.25, -0.2) is 17.7 Å². The van der Waals surface area contributed by atoms with E-state index < -0.39 is 60.6 Å². The Kier molecular flexibility index (Phi) is 14.1. The molecule has 0 bridgehead atoms. The first kappa shape index (κ1) is 42.1. The van der Waals surface area contributed by atoms with Gasteiger partial charge in [-0.05, 0) is 77.3 Å². The zero-order chi connectivity index (χ0) is 39.8. The van der Waals surface area contributed by atoms with Crippen LogP contribution in [-0.4, -0.2) is 82.9 Å². The van der Waals surface area contributed by atoms with Gasteiger partial charge in [0.2, 0.25) is 21.3 Å². The van der Waals surface area contributed by atoms with Gasteiger partial charge in [0, 0.05) is 72.9 Å². The molecular formula is C38H49N4O10S2+. The largest absolute Gasteiger partial charge is 0.481 e. The Morgan fingerprint density at radius 1 is 0.870 bits per heavy atom. The molecule has 4 rings (SSSR count). The van der Waals surface area contributed by atoms with E-state index >= 15 is 0 Å². The summed E-state index contributed by atoms with van der Waals surface area (Å²) in [5.74, 6) is -1.69. The number of nitrogens with one attached hydrogen (secondary N) is 2. The number of aliphatic carboxylic acids is 1. The number of anilines is 1. The van der Waals surface area contributed by atoms with Crippen molar-refractivity contribution in [2.24, 2.45) is 0 Å². The highest BCUT2D eigenvalue weighted by Crippen LogP contribution is 2.43. The van der Waals surface area contributed by atoms with E-state index in [9.17, 15) is 35.8 Å². The fourth-order valence-electron chi connectivity index (χ4n) is 6.50.